The molecule has 0 amide bonds. The minimum Gasteiger partial charge on any atom is -0.454 e. The van der Waals surface area contributed by atoms with Crippen LogP contribution >= 0.6 is 0 Å². The van der Waals surface area contributed by atoms with Gasteiger partial charge in [-0.1, -0.05) is 24.3 Å². The Labute approximate surface area is 119 Å². The number of carbonyl (C=O) groups excluding carboxylic acids is 1. The monoisotopic (exact) mass is 276 g/mol. The number of carbonyl (C=O) groups is 1. The van der Waals surface area contributed by atoms with Crippen molar-refractivity contribution in [3.05, 3.63) is 36.0 Å². The average Bonchev–Trinajstić information content (AvgIpc) is 2.96. The molecular formula is C16H20O4. The van der Waals surface area contributed by atoms with E-state index >= 15 is 0 Å². The normalized spacial score (nSPS) is 47.6. The van der Waals surface area contributed by atoms with Crippen molar-refractivity contribution in [3.8, 4) is 0 Å². The molecule has 2 aliphatic heterocycles. The Hall–Kier alpha value is -1.39. The highest BCUT2D eigenvalue weighted by atomic mass is 16.6. The summed E-state index contributed by atoms with van der Waals surface area (Å²) in [5.74, 6) is -0.469. The SMILES string of the molecule is C=C1C(=O)O[C@H]2/C=C(C)\C=C/[C@H]3O[C@]3(C)C[C@@H](OC)[C@@H]12. The average molecular weight is 276 g/mol. The number of fused-ring (bicyclic) bond motifs is 2. The number of methoxy groups -OCH3 is 1. The van der Waals surface area contributed by atoms with Crippen LogP contribution < -0.4 is 0 Å². The van der Waals surface area contributed by atoms with Crippen LogP contribution in [0.3, 0.4) is 0 Å². The lowest BCUT2D eigenvalue weighted by atomic mass is 9.83. The fourth-order valence-corrected chi connectivity index (χ4v) is 3.15. The first kappa shape index (κ1) is 13.6. The van der Waals surface area contributed by atoms with Crippen LogP contribution in [0, 0.1) is 5.92 Å². The second kappa shape index (κ2) is 4.57. The van der Waals surface area contributed by atoms with Crippen molar-refractivity contribution in [2.75, 3.05) is 7.11 Å². The first-order valence-corrected chi connectivity index (χ1v) is 6.91. The first-order valence-electron chi connectivity index (χ1n) is 6.91. The molecule has 108 valence electrons. The topological polar surface area (TPSA) is 48.1 Å². The third kappa shape index (κ3) is 2.13. The Bertz CT molecular complexity index is 519. The molecule has 0 bridgehead atoms. The minimum absolute atomic E-state index is 0.117. The van der Waals surface area contributed by atoms with Gasteiger partial charge in [0.15, 0.2) is 0 Å². The van der Waals surface area contributed by atoms with Gasteiger partial charge in [-0.25, -0.2) is 4.79 Å². The van der Waals surface area contributed by atoms with Crippen LogP contribution in [-0.2, 0) is 19.0 Å². The van der Waals surface area contributed by atoms with E-state index in [0.717, 1.165) is 12.0 Å². The standard InChI is InChI=1S/C16H20O4/c1-9-5-6-13-16(3,20-13)8-12(18-4)14-10(2)15(17)19-11(14)7-9/h5-7,11-14H,2,8H2,1,3-4H3/b6-5-,9-7-/t11-,12+,13+,14-,16+/m0/s1. The van der Waals surface area contributed by atoms with Gasteiger partial charge in [0.1, 0.15) is 12.2 Å². The molecule has 0 aromatic carbocycles. The van der Waals surface area contributed by atoms with Gasteiger partial charge < -0.3 is 14.2 Å². The number of allylic oxidation sites excluding steroid dienone is 2. The molecule has 20 heavy (non-hydrogen) atoms. The third-order valence-corrected chi connectivity index (χ3v) is 4.47. The van der Waals surface area contributed by atoms with E-state index < -0.39 is 0 Å². The van der Waals surface area contributed by atoms with Crippen molar-refractivity contribution in [1.82, 2.24) is 0 Å². The number of rotatable bonds is 1. The summed E-state index contributed by atoms with van der Waals surface area (Å²) >= 11 is 0. The smallest absolute Gasteiger partial charge is 0.334 e. The van der Waals surface area contributed by atoms with Crippen LogP contribution in [0.15, 0.2) is 36.0 Å². The highest BCUT2D eigenvalue weighted by Crippen LogP contribution is 2.45. The lowest BCUT2D eigenvalue weighted by molar-refractivity contribution is -0.137. The predicted octanol–water partition coefficient (Wildman–Crippen LogP) is 2.16. The molecule has 0 radical (unpaired) electrons. The quantitative estimate of drug-likeness (QED) is 0.418. The lowest BCUT2D eigenvalue weighted by Crippen LogP contribution is -2.34. The van der Waals surface area contributed by atoms with Gasteiger partial charge in [-0.05, 0) is 19.9 Å². The van der Waals surface area contributed by atoms with Crippen molar-refractivity contribution in [3.63, 3.8) is 0 Å². The van der Waals surface area contributed by atoms with Crippen LogP contribution in [0.2, 0.25) is 0 Å². The summed E-state index contributed by atoms with van der Waals surface area (Å²) in [4.78, 5) is 11.8. The van der Waals surface area contributed by atoms with Crippen molar-refractivity contribution >= 4 is 5.97 Å². The van der Waals surface area contributed by atoms with Crippen molar-refractivity contribution in [2.24, 2.45) is 5.92 Å². The van der Waals surface area contributed by atoms with E-state index in [1.165, 1.54) is 0 Å². The van der Waals surface area contributed by atoms with E-state index in [1.807, 2.05) is 19.1 Å². The van der Waals surface area contributed by atoms with Crippen LogP contribution in [0.4, 0.5) is 0 Å². The van der Waals surface area contributed by atoms with E-state index in [2.05, 4.69) is 19.6 Å². The molecule has 3 rings (SSSR count). The maximum absolute atomic E-state index is 11.8. The Morgan fingerprint density at radius 2 is 2.25 bits per heavy atom. The number of esters is 1. The van der Waals surface area contributed by atoms with Gasteiger partial charge in [-0.15, -0.1) is 0 Å². The van der Waals surface area contributed by atoms with Gasteiger partial charge >= 0.3 is 5.97 Å². The molecule has 4 nitrogen and oxygen atoms in total. The molecule has 0 N–H and O–H groups in total. The Balaban J connectivity index is 1.99. The van der Waals surface area contributed by atoms with Crippen LogP contribution in [0.25, 0.3) is 0 Å². The molecule has 0 aromatic rings. The summed E-state index contributed by atoms with van der Waals surface area (Å²) < 4.78 is 16.8. The molecular weight excluding hydrogens is 256 g/mol. The Morgan fingerprint density at radius 3 is 2.95 bits per heavy atom. The lowest BCUT2D eigenvalue weighted by Gasteiger charge is -2.26. The third-order valence-electron chi connectivity index (χ3n) is 4.47. The van der Waals surface area contributed by atoms with E-state index in [4.69, 9.17) is 14.2 Å². The summed E-state index contributed by atoms with van der Waals surface area (Å²) in [5, 5.41) is 0. The molecule has 0 unspecified atom stereocenters. The zero-order valence-corrected chi connectivity index (χ0v) is 12.1. The largest absolute Gasteiger partial charge is 0.454 e. The van der Waals surface area contributed by atoms with Gasteiger partial charge in [-0.2, -0.15) is 0 Å². The Morgan fingerprint density at radius 1 is 1.50 bits per heavy atom. The molecule has 5 atom stereocenters. The fourth-order valence-electron chi connectivity index (χ4n) is 3.15. The summed E-state index contributed by atoms with van der Waals surface area (Å²) in [7, 11) is 1.66. The highest BCUT2D eigenvalue weighted by molar-refractivity contribution is 5.91. The van der Waals surface area contributed by atoms with E-state index in [-0.39, 0.29) is 35.8 Å². The number of ether oxygens (including phenoxy) is 3. The van der Waals surface area contributed by atoms with Gasteiger partial charge in [0, 0.05) is 19.1 Å². The van der Waals surface area contributed by atoms with Gasteiger partial charge in [0.2, 0.25) is 0 Å². The molecule has 4 heteroatoms. The molecule has 2 saturated heterocycles. The summed E-state index contributed by atoms with van der Waals surface area (Å²) in [5.41, 5.74) is 1.33. The molecule has 0 aromatic heterocycles. The molecule has 0 saturated carbocycles. The maximum Gasteiger partial charge on any atom is 0.334 e. The minimum atomic E-state index is -0.326. The number of hydrogen-bond acceptors (Lipinski definition) is 4. The summed E-state index contributed by atoms with van der Waals surface area (Å²) in [6.45, 7) is 7.95. The maximum atomic E-state index is 11.8. The zero-order valence-electron chi connectivity index (χ0n) is 12.1. The van der Waals surface area contributed by atoms with Crippen LogP contribution in [0.5, 0.6) is 0 Å². The molecule has 3 aliphatic rings. The van der Waals surface area contributed by atoms with Crippen molar-refractivity contribution < 1.29 is 19.0 Å². The van der Waals surface area contributed by atoms with Gasteiger partial charge in [0.25, 0.3) is 0 Å². The van der Waals surface area contributed by atoms with Crippen molar-refractivity contribution in [1.29, 1.82) is 0 Å². The number of epoxide rings is 1. The van der Waals surface area contributed by atoms with Crippen LogP contribution in [0.1, 0.15) is 20.3 Å². The summed E-state index contributed by atoms with van der Waals surface area (Å²) in [6, 6.07) is 0. The molecule has 0 spiro atoms. The van der Waals surface area contributed by atoms with E-state index in [9.17, 15) is 4.79 Å². The fraction of sp³-hybridized carbons (Fsp3) is 0.562. The highest BCUT2D eigenvalue weighted by Gasteiger charge is 2.55. The van der Waals surface area contributed by atoms with Gasteiger partial charge in [0.05, 0.1) is 17.6 Å². The van der Waals surface area contributed by atoms with Gasteiger partial charge in [-0.3, -0.25) is 0 Å². The second-order valence-corrected chi connectivity index (χ2v) is 6.02. The van der Waals surface area contributed by atoms with E-state index in [1.54, 1.807) is 7.11 Å². The second-order valence-electron chi connectivity index (χ2n) is 6.02. The number of hydrogen-bond donors (Lipinski definition) is 0. The first-order chi connectivity index (χ1) is 9.44. The molecule has 2 heterocycles. The zero-order chi connectivity index (χ0) is 14.5. The predicted molar refractivity (Wildman–Crippen MR) is 74.1 cm³/mol. The Kier molecular flexibility index (Phi) is 3.10. The molecule has 2 fully saturated rings. The van der Waals surface area contributed by atoms with E-state index in [0.29, 0.717) is 5.57 Å². The van der Waals surface area contributed by atoms with Crippen LogP contribution in [-0.4, -0.2) is 37.0 Å². The molecule has 1 aliphatic carbocycles. The van der Waals surface area contributed by atoms with Crippen molar-refractivity contribution in [2.45, 2.75) is 44.2 Å². The summed E-state index contributed by atoms with van der Waals surface area (Å²) in [6.07, 6.45) is 6.45.